The molecule has 1 aliphatic rings. The average molecular weight is 631 g/mol. The van der Waals surface area contributed by atoms with E-state index >= 15 is 0 Å². The number of halogens is 1. The number of imidazole rings is 1. The second-order valence-electron chi connectivity index (χ2n) is 8.91. The second-order valence-corrected chi connectivity index (χ2v) is 12.9. The van der Waals surface area contributed by atoms with E-state index in [0.29, 0.717) is 6.42 Å². The molecular formula is C20H32FN5O13P2. The van der Waals surface area contributed by atoms with E-state index in [1.807, 2.05) is 6.92 Å². The highest BCUT2D eigenvalue weighted by molar-refractivity contribution is 7.72. The van der Waals surface area contributed by atoms with Crippen LogP contribution in [-0.2, 0) is 25.1 Å². The summed E-state index contributed by atoms with van der Waals surface area (Å²) in [6.45, 7) is 2.73. The van der Waals surface area contributed by atoms with Gasteiger partial charge in [0.1, 0.15) is 12.2 Å². The number of aliphatic hydroxyl groups is 3. The molecule has 1 fully saturated rings. The standard InChI is InChI=1S/C15H22FN3O6.C5H10N2O7P2/c1-3-4-5-6-24-15(23)18-12-9(16)7-19(14(22)17-12)13-11(21)10(20)8(2)25-13;8-5(15(9,10)11,16(12,13)14)3-7-2-1-6-4-7/h7-8,10-11,13,20-21H,3-6H2,1-2H3,(H,17,18,22,23);1-2,4,8H,3H2,(H2,9,10,11)(H2,12,13,14)/t8-,10-,11-,13-;/m1./s1. The topological polar surface area (TPSA) is 276 Å². The minimum absolute atomic E-state index is 0.177. The fourth-order valence-electron chi connectivity index (χ4n) is 3.40. The summed E-state index contributed by atoms with van der Waals surface area (Å²) in [5.41, 5.74) is -0.951. The number of hydrogen-bond acceptors (Lipinski definition) is 11. The summed E-state index contributed by atoms with van der Waals surface area (Å²) in [7, 11) is -10.8. The molecule has 4 atom stereocenters. The summed E-state index contributed by atoms with van der Waals surface area (Å²) in [5.74, 6) is -1.59. The Balaban J connectivity index is 0.000000317. The summed E-state index contributed by atoms with van der Waals surface area (Å²) in [6.07, 6.45) is 1.26. The predicted octanol–water partition coefficient (Wildman–Crippen LogP) is -0.355. The van der Waals surface area contributed by atoms with E-state index < -0.39 is 74.8 Å². The largest absolute Gasteiger partial charge is 0.449 e. The number of anilines is 1. The molecule has 0 saturated carbocycles. The van der Waals surface area contributed by atoms with Crippen molar-refractivity contribution in [2.75, 3.05) is 11.9 Å². The summed E-state index contributed by atoms with van der Waals surface area (Å²) in [5, 5.41) is 27.7. The van der Waals surface area contributed by atoms with E-state index in [-0.39, 0.29) is 6.61 Å². The van der Waals surface area contributed by atoms with Crippen LogP contribution in [0.4, 0.5) is 15.0 Å². The third kappa shape index (κ3) is 8.71. The number of carbonyl (C=O) groups is 1. The lowest BCUT2D eigenvalue weighted by Gasteiger charge is -2.29. The lowest BCUT2D eigenvalue weighted by molar-refractivity contribution is -0.0355. The lowest BCUT2D eigenvalue weighted by atomic mass is 10.1. The van der Waals surface area contributed by atoms with Crippen LogP contribution in [0.15, 0.2) is 29.7 Å². The van der Waals surface area contributed by atoms with Gasteiger partial charge in [0.15, 0.2) is 17.9 Å². The molecule has 3 rings (SSSR count). The molecule has 0 aromatic carbocycles. The van der Waals surface area contributed by atoms with Crippen LogP contribution in [0.1, 0.15) is 39.3 Å². The number of aromatic nitrogens is 4. The number of nitrogens with zero attached hydrogens (tertiary/aromatic N) is 4. The summed E-state index contributed by atoms with van der Waals surface area (Å²) >= 11 is 0. The first-order valence-electron chi connectivity index (χ1n) is 12.0. The van der Waals surface area contributed by atoms with Crippen molar-refractivity contribution in [3.05, 3.63) is 41.2 Å². The van der Waals surface area contributed by atoms with Crippen molar-refractivity contribution in [3.63, 3.8) is 0 Å². The van der Waals surface area contributed by atoms with Crippen LogP contribution in [0.2, 0.25) is 0 Å². The van der Waals surface area contributed by atoms with Crippen LogP contribution < -0.4 is 11.0 Å². The molecule has 21 heteroatoms. The first kappa shape index (κ1) is 34.6. The van der Waals surface area contributed by atoms with Gasteiger partial charge in [0.05, 0.1) is 31.8 Å². The molecule has 0 radical (unpaired) electrons. The predicted molar refractivity (Wildman–Crippen MR) is 136 cm³/mol. The maximum absolute atomic E-state index is 14.1. The molecule has 0 spiro atoms. The first-order valence-corrected chi connectivity index (χ1v) is 15.2. The van der Waals surface area contributed by atoms with Crippen LogP contribution in [0.5, 0.6) is 0 Å². The molecule has 1 aliphatic heterocycles. The van der Waals surface area contributed by atoms with Gasteiger partial charge in [0.2, 0.25) is 0 Å². The van der Waals surface area contributed by atoms with Crippen LogP contribution in [0.3, 0.4) is 0 Å². The Kier molecular flexibility index (Phi) is 11.9. The number of ether oxygens (including phenoxy) is 2. The molecule has 0 aliphatic carbocycles. The van der Waals surface area contributed by atoms with Crippen molar-refractivity contribution < 1.29 is 62.7 Å². The van der Waals surface area contributed by atoms with Gasteiger partial charge in [-0.1, -0.05) is 19.8 Å². The average Bonchev–Trinajstić information content (AvgIpc) is 3.46. The highest BCUT2D eigenvalue weighted by atomic mass is 31.2. The number of hydrogen-bond donors (Lipinski definition) is 8. The SMILES string of the molecule is CCCCCOC(=O)Nc1nc(=O)n([C@@H]2O[C@H](C)[C@@H](O)[C@H]2O)cc1F.O=P(O)(O)C(O)(Cn1ccnc1)P(=O)(O)O. The van der Waals surface area contributed by atoms with E-state index in [0.717, 1.165) is 34.5 Å². The molecule has 1 saturated heterocycles. The Hall–Kier alpha value is -2.57. The molecule has 18 nitrogen and oxygen atoms in total. The van der Waals surface area contributed by atoms with Gasteiger partial charge in [-0.05, 0) is 13.3 Å². The highest BCUT2D eigenvalue weighted by Crippen LogP contribution is 2.67. The third-order valence-electron chi connectivity index (χ3n) is 5.75. The Bertz CT molecular complexity index is 1290. The fourth-order valence-corrected chi connectivity index (χ4v) is 5.45. The molecule has 232 valence electrons. The smallest absolute Gasteiger partial charge is 0.412 e. The highest BCUT2D eigenvalue weighted by Gasteiger charge is 2.59. The second kappa shape index (κ2) is 14.1. The molecular weight excluding hydrogens is 599 g/mol. The number of rotatable bonds is 10. The molecule has 2 aromatic heterocycles. The fraction of sp³-hybridized carbons (Fsp3) is 0.600. The van der Waals surface area contributed by atoms with Crippen LogP contribution in [0.25, 0.3) is 0 Å². The first-order chi connectivity index (χ1) is 18.9. The normalized spacial score (nSPS) is 21.2. The third-order valence-corrected chi connectivity index (χ3v) is 9.46. The lowest BCUT2D eigenvalue weighted by Crippen LogP contribution is -2.36. The summed E-state index contributed by atoms with van der Waals surface area (Å²) < 4.78 is 47.8. The maximum Gasteiger partial charge on any atom is 0.412 e. The number of amides is 1. The zero-order valence-electron chi connectivity index (χ0n) is 21.8. The Morgan fingerprint density at radius 1 is 1.20 bits per heavy atom. The van der Waals surface area contributed by atoms with Gasteiger partial charge in [0, 0.05) is 12.4 Å². The zero-order valence-corrected chi connectivity index (χ0v) is 23.6. The van der Waals surface area contributed by atoms with E-state index in [1.54, 1.807) is 0 Å². The van der Waals surface area contributed by atoms with Gasteiger partial charge in [-0.3, -0.25) is 19.0 Å². The van der Waals surface area contributed by atoms with Crippen LogP contribution in [-0.4, -0.2) is 90.1 Å². The van der Waals surface area contributed by atoms with E-state index in [1.165, 1.54) is 19.3 Å². The molecule has 0 bridgehead atoms. The quantitative estimate of drug-likeness (QED) is 0.123. The molecule has 2 aromatic rings. The minimum atomic E-state index is -5.41. The Morgan fingerprint density at radius 3 is 2.32 bits per heavy atom. The Morgan fingerprint density at radius 2 is 1.83 bits per heavy atom. The van der Waals surface area contributed by atoms with Gasteiger partial charge < -0.3 is 48.9 Å². The number of aliphatic hydroxyl groups excluding tert-OH is 2. The van der Waals surface area contributed by atoms with Crippen molar-refractivity contribution in [2.45, 2.75) is 69.3 Å². The molecule has 3 heterocycles. The zero-order chi connectivity index (χ0) is 31.2. The molecule has 1 amide bonds. The van der Waals surface area contributed by atoms with Crippen molar-refractivity contribution in [1.82, 2.24) is 19.1 Å². The number of carbonyl (C=O) groups excluding carboxylic acids is 1. The number of unbranched alkanes of at least 4 members (excludes halogenated alkanes) is 2. The maximum atomic E-state index is 14.1. The van der Waals surface area contributed by atoms with Gasteiger partial charge in [-0.15, -0.1) is 0 Å². The van der Waals surface area contributed by atoms with Gasteiger partial charge in [-0.25, -0.2) is 19.0 Å². The van der Waals surface area contributed by atoms with Crippen molar-refractivity contribution in [3.8, 4) is 0 Å². The molecule has 0 unspecified atom stereocenters. The Labute approximate surface area is 231 Å². The van der Waals surface area contributed by atoms with E-state index in [9.17, 15) is 38.4 Å². The van der Waals surface area contributed by atoms with E-state index in [4.69, 9.17) is 29.0 Å². The summed E-state index contributed by atoms with van der Waals surface area (Å²) in [4.78, 5) is 65.8. The van der Waals surface area contributed by atoms with Crippen molar-refractivity contribution in [1.29, 1.82) is 0 Å². The number of nitrogens with one attached hydrogen (secondary N) is 1. The van der Waals surface area contributed by atoms with Crippen LogP contribution in [0, 0.1) is 5.82 Å². The molecule has 8 N–H and O–H groups in total. The van der Waals surface area contributed by atoms with Crippen molar-refractivity contribution >= 4 is 27.1 Å². The monoisotopic (exact) mass is 631 g/mol. The van der Waals surface area contributed by atoms with E-state index in [2.05, 4.69) is 15.3 Å². The minimum Gasteiger partial charge on any atom is -0.449 e. The molecule has 41 heavy (non-hydrogen) atoms. The van der Waals surface area contributed by atoms with Gasteiger partial charge in [-0.2, -0.15) is 4.98 Å². The summed E-state index contributed by atoms with van der Waals surface area (Å²) in [6, 6.07) is 0. The van der Waals surface area contributed by atoms with Crippen LogP contribution >= 0.6 is 15.2 Å². The van der Waals surface area contributed by atoms with Gasteiger partial charge >= 0.3 is 27.0 Å². The van der Waals surface area contributed by atoms with Crippen molar-refractivity contribution in [2.24, 2.45) is 0 Å². The van der Waals surface area contributed by atoms with Gasteiger partial charge in [0.25, 0.3) is 5.08 Å².